The number of fused-ring (bicyclic) bond motifs is 7. The minimum absolute atomic E-state index is 0.0204. The third kappa shape index (κ3) is 3.52. The summed E-state index contributed by atoms with van der Waals surface area (Å²) in [7, 11) is 6.96. The summed E-state index contributed by atoms with van der Waals surface area (Å²) in [6.45, 7) is 21.5. The van der Waals surface area contributed by atoms with Gasteiger partial charge in [0.2, 0.25) is 0 Å². The highest BCUT2D eigenvalue weighted by molar-refractivity contribution is 6.36. The molecule has 1 nitrogen and oxygen atoms in total. The molecule has 0 fully saturated rings. The number of hydrogen-bond acceptors (Lipinski definition) is 0. The van der Waals surface area contributed by atoms with Gasteiger partial charge in [-0.1, -0.05) is 135 Å². The molecule has 0 saturated heterocycles. The zero-order valence-corrected chi connectivity index (χ0v) is 28.3. The molecular weight excluding hydrogens is 541 g/mol. The first-order chi connectivity index (χ1) is 21.2. The molecule has 3 aliphatic rings. The lowest BCUT2D eigenvalue weighted by Crippen LogP contribution is -2.42. The standard InChI is InChI=1S/C43H44BN/c1-25-14-10-13-17-37(25)45-38-19-18-26(28-21-34-35(24-36(28)44)42(6,7)43(8,9)41(34,4)5)20-30(38)31-22-33-29(23-39(31)45)27-15-11-12-16-32(27)40(33,2)3/h10-25,37H,1-9H3. The maximum atomic E-state index is 6.96. The lowest BCUT2D eigenvalue weighted by Gasteiger charge is -2.44. The van der Waals surface area contributed by atoms with Crippen molar-refractivity contribution in [2.75, 3.05) is 0 Å². The van der Waals surface area contributed by atoms with Crippen molar-refractivity contribution in [1.82, 2.24) is 4.57 Å². The largest absolute Gasteiger partial charge is 0.333 e. The van der Waals surface area contributed by atoms with Gasteiger partial charge in [-0.15, -0.1) is 0 Å². The van der Waals surface area contributed by atoms with Crippen LogP contribution in [0.3, 0.4) is 0 Å². The lowest BCUT2D eigenvalue weighted by atomic mass is 9.59. The van der Waals surface area contributed by atoms with Crippen molar-refractivity contribution in [2.24, 2.45) is 11.3 Å². The fraction of sp³-hybridized carbons (Fsp3) is 0.349. The van der Waals surface area contributed by atoms with Gasteiger partial charge in [0.25, 0.3) is 0 Å². The minimum Gasteiger partial charge on any atom is -0.333 e. The van der Waals surface area contributed by atoms with Gasteiger partial charge in [0.05, 0.1) is 11.6 Å². The van der Waals surface area contributed by atoms with Gasteiger partial charge in [-0.05, 0) is 90.9 Å². The van der Waals surface area contributed by atoms with Crippen LogP contribution in [0.1, 0.15) is 90.6 Å². The maximum Gasteiger partial charge on any atom is 0.114 e. The molecule has 2 heteroatoms. The monoisotopic (exact) mass is 585 g/mol. The molecule has 224 valence electrons. The second-order valence-corrected chi connectivity index (χ2v) is 16.2. The van der Waals surface area contributed by atoms with Crippen LogP contribution < -0.4 is 5.46 Å². The summed E-state index contributed by atoms with van der Waals surface area (Å²) in [4.78, 5) is 0. The van der Waals surface area contributed by atoms with Gasteiger partial charge >= 0.3 is 0 Å². The van der Waals surface area contributed by atoms with E-state index in [-0.39, 0.29) is 27.7 Å². The molecule has 3 aliphatic carbocycles. The minimum atomic E-state index is -0.0531. The van der Waals surface area contributed by atoms with Gasteiger partial charge in [0, 0.05) is 21.7 Å². The van der Waals surface area contributed by atoms with E-state index in [2.05, 4.69) is 158 Å². The van der Waals surface area contributed by atoms with Gasteiger partial charge in [-0.3, -0.25) is 0 Å². The summed E-state index contributed by atoms with van der Waals surface area (Å²) in [5.41, 5.74) is 14.2. The van der Waals surface area contributed by atoms with E-state index in [1.807, 2.05) is 0 Å². The summed E-state index contributed by atoms with van der Waals surface area (Å²) < 4.78 is 2.59. The number of aromatic nitrogens is 1. The molecule has 4 aromatic carbocycles. The first kappa shape index (κ1) is 28.7. The fourth-order valence-corrected chi connectivity index (χ4v) is 9.11. The Kier molecular flexibility index (Phi) is 5.70. The van der Waals surface area contributed by atoms with Crippen LogP contribution in [0.15, 0.2) is 91.0 Å². The van der Waals surface area contributed by atoms with Crippen molar-refractivity contribution in [3.8, 4) is 22.3 Å². The van der Waals surface area contributed by atoms with Crippen molar-refractivity contribution in [3.05, 3.63) is 113 Å². The van der Waals surface area contributed by atoms with E-state index >= 15 is 0 Å². The van der Waals surface area contributed by atoms with E-state index < -0.39 is 0 Å². The van der Waals surface area contributed by atoms with Crippen molar-refractivity contribution >= 4 is 35.1 Å². The van der Waals surface area contributed by atoms with Gasteiger partial charge in [0.1, 0.15) is 7.85 Å². The van der Waals surface area contributed by atoms with Gasteiger partial charge in [-0.25, -0.2) is 0 Å². The van der Waals surface area contributed by atoms with Crippen LogP contribution in [0.4, 0.5) is 0 Å². The summed E-state index contributed by atoms with van der Waals surface area (Å²) in [5.74, 6) is 0.395. The fourth-order valence-electron chi connectivity index (χ4n) is 9.11. The molecule has 0 aliphatic heterocycles. The first-order valence-electron chi connectivity index (χ1n) is 16.7. The Morgan fingerprint density at radius 2 is 1.27 bits per heavy atom. The van der Waals surface area contributed by atoms with Crippen LogP contribution in [0, 0.1) is 11.3 Å². The summed E-state index contributed by atoms with van der Waals surface area (Å²) in [6.07, 6.45) is 9.09. The van der Waals surface area contributed by atoms with Gasteiger partial charge < -0.3 is 4.57 Å². The number of allylic oxidation sites excluding steroid dienone is 4. The summed E-state index contributed by atoms with van der Waals surface area (Å²) in [5, 5.41) is 2.62. The topological polar surface area (TPSA) is 4.93 Å². The van der Waals surface area contributed by atoms with Crippen LogP contribution in [-0.4, -0.2) is 12.4 Å². The van der Waals surface area contributed by atoms with Crippen molar-refractivity contribution in [2.45, 2.75) is 84.6 Å². The molecule has 2 unspecified atom stereocenters. The molecule has 2 radical (unpaired) electrons. The number of hydrogen-bond donors (Lipinski definition) is 0. The predicted octanol–water partition coefficient (Wildman–Crippen LogP) is 10.5. The Morgan fingerprint density at radius 3 is 2.00 bits per heavy atom. The number of nitrogens with zero attached hydrogens (tertiary/aromatic N) is 1. The molecule has 5 aromatic rings. The number of rotatable bonds is 2. The molecule has 1 aromatic heterocycles. The average molecular weight is 586 g/mol. The van der Waals surface area contributed by atoms with Gasteiger partial charge in [0.15, 0.2) is 0 Å². The Balaban J connectivity index is 1.40. The van der Waals surface area contributed by atoms with E-state index in [0.717, 1.165) is 11.0 Å². The Labute approximate surface area is 270 Å². The van der Waals surface area contributed by atoms with Crippen LogP contribution in [0.2, 0.25) is 0 Å². The van der Waals surface area contributed by atoms with Crippen molar-refractivity contribution in [3.63, 3.8) is 0 Å². The van der Waals surface area contributed by atoms with E-state index in [0.29, 0.717) is 5.92 Å². The van der Waals surface area contributed by atoms with E-state index in [1.54, 1.807) is 0 Å². The molecular formula is C43H44BN. The highest BCUT2D eigenvalue weighted by Gasteiger charge is 2.56. The molecule has 0 bridgehead atoms. The lowest BCUT2D eigenvalue weighted by molar-refractivity contribution is 0.125. The molecule has 1 heterocycles. The third-order valence-corrected chi connectivity index (χ3v) is 13.1. The molecule has 0 amide bonds. The average Bonchev–Trinajstić information content (AvgIpc) is 3.47. The Bertz CT molecular complexity index is 2140. The molecule has 45 heavy (non-hydrogen) atoms. The van der Waals surface area contributed by atoms with Crippen molar-refractivity contribution < 1.29 is 0 Å². The van der Waals surface area contributed by atoms with Crippen LogP contribution >= 0.6 is 0 Å². The Morgan fingerprint density at radius 1 is 0.600 bits per heavy atom. The molecule has 0 saturated carbocycles. The predicted molar refractivity (Wildman–Crippen MR) is 194 cm³/mol. The molecule has 0 N–H and O–H groups in total. The normalized spacial score (nSPS) is 23.0. The van der Waals surface area contributed by atoms with E-state index in [9.17, 15) is 0 Å². The SMILES string of the molecule is [B]c1cc2c(cc1-c1ccc3c(c1)c1cc4c(cc1n3C1C=CC=CC1C)-c1ccccc1C4(C)C)C(C)(C)C(C)(C)C2(C)C. The highest BCUT2D eigenvalue weighted by atomic mass is 15.0. The molecule has 0 spiro atoms. The Hall–Kier alpha value is -3.78. The summed E-state index contributed by atoms with van der Waals surface area (Å²) in [6, 6.07) is 25.9. The van der Waals surface area contributed by atoms with Crippen LogP contribution in [0.25, 0.3) is 44.1 Å². The van der Waals surface area contributed by atoms with Gasteiger partial charge in [-0.2, -0.15) is 0 Å². The number of benzene rings is 4. The zero-order chi connectivity index (χ0) is 31.8. The van der Waals surface area contributed by atoms with Crippen LogP contribution in [0.5, 0.6) is 0 Å². The summed E-state index contributed by atoms with van der Waals surface area (Å²) >= 11 is 0. The van der Waals surface area contributed by atoms with E-state index in [4.69, 9.17) is 7.85 Å². The first-order valence-corrected chi connectivity index (χ1v) is 16.7. The van der Waals surface area contributed by atoms with Crippen molar-refractivity contribution in [1.29, 1.82) is 0 Å². The second-order valence-electron chi connectivity index (χ2n) is 16.2. The third-order valence-electron chi connectivity index (χ3n) is 13.1. The quantitative estimate of drug-likeness (QED) is 0.182. The smallest absolute Gasteiger partial charge is 0.114 e. The van der Waals surface area contributed by atoms with E-state index in [1.165, 1.54) is 60.8 Å². The zero-order valence-electron chi connectivity index (χ0n) is 28.3. The molecule has 2 atom stereocenters. The highest BCUT2D eigenvalue weighted by Crippen LogP contribution is 2.61. The molecule has 8 rings (SSSR count). The van der Waals surface area contributed by atoms with Crippen LogP contribution in [-0.2, 0) is 16.2 Å². The maximum absolute atomic E-state index is 6.96. The second kappa shape index (κ2) is 8.94.